The Balaban J connectivity index is 1.93. The van der Waals surface area contributed by atoms with Gasteiger partial charge in [-0.2, -0.15) is 0 Å². The molecular formula is C19H38N2. The highest BCUT2D eigenvalue weighted by Crippen LogP contribution is 2.29. The Labute approximate surface area is 133 Å². The molecule has 0 bridgehead atoms. The summed E-state index contributed by atoms with van der Waals surface area (Å²) in [6.45, 7) is 15.8. The third-order valence-corrected chi connectivity index (χ3v) is 6.11. The van der Waals surface area contributed by atoms with Gasteiger partial charge in [0.25, 0.3) is 0 Å². The van der Waals surface area contributed by atoms with Gasteiger partial charge >= 0.3 is 0 Å². The lowest BCUT2D eigenvalue weighted by molar-refractivity contribution is 0.0697. The van der Waals surface area contributed by atoms with E-state index in [2.05, 4.69) is 44.8 Å². The summed E-state index contributed by atoms with van der Waals surface area (Å²) in [7, 11) is 0. The van der Waals surface area contributed by atoms with E-state index in [1.165, 1.54) is 51.7 Å². The molecule has 1 heterocycles. The number of nitrogens with one attached hydrogen (secondary N) is 1. The van der Waals surface area contributed by atoms with Crippen molar-refractivity contribution in [3.05, 3.63) is 0 Å². The van der Waals surface area contributed by atoms with Crippen molar-refractivity contribution in [2.75, 3.05) is 19.6 Å². The monoisotopic (exact) mass is 294 g/mol. The zero-order valence-corrected chi connectivity index (χ0v) is 15.1. The Morgan fingerprint density at radius 1 is 1.00 bits per heavy atom. The van der Waals surface area contributed by atoms with Crippen LogP contribution < -0.4 is 5.32 Å². The molecule has 0 aromatic carbocycles. The number of nitrogens with zero attached hydrogens (tertiary/aromatic N) is 1. The molecule has 0 amide bonds. The molecule has 2 aliphatic rings. The maximum Gasteiger partial charge on any atom is 0.0224 e. The van der Waals surface area contributed by atoms with E-state index < -0.39 is 0 Å². The summed E-state index contributed by atoms with van der Waals surface area (Å²) in [5, 5.41) is 3.86. The number of rotatable bonds is 5. The lowest BCUT2D eigenvalue weighted by Crippen LogP contribution is -2.59. The van der Waals surface area contributed by atoms with Gasteiger partial charge < -0.3 is 5.32 Å². The van der Waals surface area contributed by atoms with Crippen LogP contribution in [0.25, 0.3) is 0 Å². The molecule has 1 N–H and O–H groups in total. The molecule has 1 saturated heterocycles. The second kappa shape index (κ2) is 7.97. The summed E-state index contributed by atoms with van der Waals surface area (Å²) < 4.78 is 0. The predicted molar refractivity (Wildman–Crippen MR) is 92.6 cm³/mol. The van der Waals surface area contributed by atoms with Gasteiger partial charge in [-0.25, -0.2) is 0 Å². The fourth-order valence-corrected chi connectivity index (χ4v) is 4.52. The third-order valence-electron chi connectivity index (χ3n) is 6.11. The molecule has 2 atom stereocenters. The van der Waals surface area contributed by atoms with Gasteiger partial charge in [-0.3, -0.25) is 4.90 Å². The van der Waals surface area contributed by atoms with E-state index in [1.807, 2.05) is 0 Å². The van der Waals surface area contributed by atoms with Crippen LogP contribution in [0.4, 0.5) is 0 Å². The first-order valence-electron chi connectivity index (χ1n) is 9.46. The highest BCUT2D eigenvalue weighted by Gasteiger charge is 2.32. The summed E-state index contributed by atoms with van der Waals surface area (Å²) in [5.41, 5.74) is 0. The minimum atomic E-state index is 0.699. The molecule has 2 heteroatoms. The molecule has 2 nitrogen and oxygen atoms in total. The van der Waals surface area contributed by atoms with Crippen molar-refractivity contribution in [1.29, 1.82) is 0 Å². The zero-order chi connectivity index (χ0) is 15.4. The number of piperazine rings is 1. The summed E-state index contributed by atoms with van der Waals surface area (Å²) in [5.74, 6) is 3.35. The normalized spacial score (nSPS) is 29.7. The van der Waals surface area contributed by atoms with Crippen LogP contribution in [0.1, 0.15) is 66.7 Å². The minimum absolute atomic E-state index is 0.699. The van der Waals surface area contributed by atoms with E-state index in [4.69, 9.17) is 0 Å². The van der Waals surface area contributed by atoms with Crippen molar-refractivity contribution in [3.8, 4) is 0 Å². The maximum absolute atomic E-state index is 3.86. The van der Waals surface area contributed by atoms with Crippen LogP contribution in [0.3, 0.4) is 0 Å². The molecule has 2 fully saturated rings. The van der Waals surface area contributed by atoms with Crippen LogP contribution in [0.5, 0.6) is 0 Å². The van der Waals surface area contributed by atoms with Gasteiger partial charge in [0, 0.05) is 31.7 Å². The molecule has 1 aliphatic heterocycles. The Kier molecular flexibility index (Phi) is 6.55. The van der Waals surface area contributed by atoms with Crippen LogP contribution >= 0.6 is 0 Å². The third kappa shape index (κ3) is 4.69. The van der Waals surface area contributed by atoms with Gasteiger partial charge in [-0.1, -0.05) is 47.0 Å². The Morgan fingerprint density at radius 3 is 2.19 bits per heavy atom. The Bertz CT molecular complexity index is 286. The second-order valence-electron chi connectivity index (χ2n) is 8.37. The van der Waals surface area contributed by atoms with Crippen molar-refractivity contribution >= 4 is 0 Å². The molecule has 0 aromatic heterocycles. The van der Waals surface area contributed by atoms with Gasteiger partial charge in [-0.15, -0.1) is 0 Å². The van der Waals surface area contributed by atoms with Gasteiger partial charge in [-0.05, 0) is 43.4 Å². The van der Waals surface area contributed by atoms with Crippen LogP contribution in [0.2, 0.25) is 0 Å². The van der Waals surface area contributed by atoms with E-state index >= 15 is 0 Å². The molecule has 0 aromatic rings. The Morgan fingerprint density at radius 2 is 1.62 bits per heavy atom. The van der Waals surface area contributed by atoms with Gasteiger partial charge in [0.05, 0.1) is 0 Å². The van der Waals surface area contributed by atoms with Crippen molar-refractivity contribution in [2.24, 2.45) is 23.7 Å². The average Bonchev–Trinajstić information content (AvgIpc) is 2.46. The first kappa shape index (κ1) is 17.3. The predicted octanol–water partition coefficient (Wildman–Crippen LogP) is 4.16. The van der Waals surface area contributed by atoms with Gasteiger partial charge in [0.15, 0.2) is 0 Å². The summed E-state index contributed by atoms with van der Waals surface area (Å²) >= 11 is 0. The molecule has 21 heavy (non-hydrogen) atoms. The lowest BCUT2D eigenvalue weighted by atomic mass is 9.81. The molecule has 0 spiro atoms. The van der Waals surface area contributed by atoms with E-state index in [0.717, 1.165) is 29.7 Å². The minimum Gasteiger partial charge on any atom is -0.311 e. The van der Waals surface area contributed by atoms with E-state index in [-0.39, 0.29) is 0 Å². The average molecular weight is 295 g/mol. The van der Waals surface area contributed by atoms with Crippen molar-refractivity contribution in [2.45, 2.75) is 78.8 Å². The van der Waals surface area contributed by atoms with E-state index in [9.17, 15) is 0 Å². The highest BCUT2D eigenvalue weighted by molar-refractivity contribution is 4.90. The SMILES string of the molecule is CC(C)C(CN1CC(C2CCCCC2)NCC1C)C(C)C. The molecule has 1 saturated carbocycles. The lowest BCUT2D eigenvalue weighted by Gasteiger charge is -2.45. The first-order chi connectivity index (χ1) is 9.99. The zero-order valence-electron chi connectivity index (χ0n) is 15.1. The standard InChI is InChI=1S/C19H38N2/c1-14(2)18(15(3)4)12-21-13-19(20-11-16(21)5)17-9-7-6-8-10-17/h14-20H,6-13H2,1-5H3. The van der Waals surface area contributed by atoms with Crippen molar-refractivity contribution in [3.63, 3.8) is 0 Å². The van der Waals surface area contributed by atoms with Gasteiger partial charge in [0.1, 0.15) is 0 Å². The smallest absolute Gasteiger partial charge is 0.0224 e. The number of hydrogen-bond acceptors (Lipinski definition) is 2. The summed E-state index contributed by atoms with van der Waals surface area (Å²) in [6.07, 6.45) is 7.29. The maximum atomic E-state index is 3.86. The van der Waals surface area contributed by atoms with Crippen LogP contribution in [-0.2, 0) is 0 Å². The van der Waals surface area contributed by atoms with Crippen molar-refractivity contribution < 1.29 is 0 Å². The highest BCUT2D eigenvalue weighted by atomic mass is 15.2. The molecule has 2 rings (SSSR count). The van der Waals surface area contributed by atoms with Crippen LogP contribution in [0, 0.1) is 23.7 Å². The molecule has 124 valence electrons. The van der Waals surface area contributed by atoms with E-state index in [0.29, 0.717) is 6.04 Å². The topological polar surface area (TPSA) is 15.3 Å². The molecule has 0 radical (unpaired) electrons. The quantitative estimate of drug-likeness (QED) is 0.819. The second-order valence-corrected chi connectivity index (χ2v) is 8.37. The summed E-state index contributed by atoms with van der Waals surface area (Å²) in [6, 6.07) is 1.45. The van der Waals surface area contributed by atoms with Crippen LogP contribution in [0.15, 0.2) is 0 Å². The van der Waals surface area contributed by atoms with Crippen LogP contribution in [-0.4, -0.2) is 36.6 Å². The fraction of sp³-hybridized carbons (Fsp3) is 1.00. The summed E-state index contributed by atoms with van der Waals surface area (Å²) in [4.78, 5) is 2.79. The molecular weight excluding hydrogens is 256 g/mol. The first-order valence-corrected chi connectivity index (χ1v) is 9.46. The molecule has 1 aliphatic carbocycles. The van der Waals surface area contributed by atoms with Gasteiger partial charge in [0.2, 0.25) is 0 Å². The fourth-order valence-electron chi connectivity index (χ4n) is 4.52. The Hall–Kier alpha value is -0.0800. The van der Waals surface area contributed by atoms with E-state index in [1.54, 1.807) is 0 Å². The molecule has 2 unspecified atom stereocenters. The number of hydrogen-bond donors (Lipinski definition) is 1. The van der Waals surface area contributed by atoms with Crippen molar-refractivity contribution in [1.82, 2.24) is 10.2 Å². The largest absolute Gasteiger partial charge is 0.311 e.